The minimum Gasteiger partial charge on any atom is -0.459 e. The van der Waals surface area contributed by atoms with E-state index in [1.54, 1.807) is 82.1 Å². The van der Waals surface area contributed by atoms with Crippen molar-refractivity contribution in [1.82, 2.24) is 24.8 Å². The van der Waals surface area contributed by atoms with E-state index < -0.39 is 120 Å². The quantitative estimate of drug-likeness (QED) is 0.138. The van der Waals surface area contributed by atoms with Crippen molar-refractivity contribution >= 4 is 17.7 Å². The van der Waals surface area contributed by atoms with Gasteiger partial charge in [0.25, 0.3) is 0 Å². The molecule has 4 aliphatic rings. The summed E-state index contributed by atoms with van der Waals surface area (Å²) in [6, 6.07) is 12.2. The Morgan fingerprint density at radius 3 is 2.25 bits per heavy atom. The molecule has 4 saturated heterocycles. The zero-order chi connectivity index (χ0) is 59.5. The van der Waals surface area contributed by atoms with Gasteiger partial charge in [0.05, 0.1) is 77.6 Å². The van der Waals surface area contributed by atoms with Gasteiger partial charge in [-0.3, -0.25) is 9.69 Å². The van der Waals surface area contributed by atoms with Crippen LogP contribution in [0, 0.1) is 34.9 Å². The molecule has 0 unspecified atom stereocenters. The lowest BCUT2D eigenvalue weighted by atomic mass is 9.77. The fraction of sp³-hybridized carbons (Fsp3) is 0.712. The zero-order valence-electron chi connectivity index (χ0n) is 49.6. The van der Waals surface area contributed by atoms with E-state index in [1.807, 2.05) is 51.6 Å². The number of nitrogens with zero attached hydrogens (tertiary/aromatic N) is 7. The van der Waals surface area contributed by atoms with Crippen molar-refractivity contribution < 1.29 is 72.3 Å². The van der Waals surface area contributed by atoms with Gasteiger partial charge < -0.3 is 68.1 Å². The molecule has 4 N–H and O–H groups in total. The van der Waals surface area contributed by atoms with E-state index in [0.29, 0.717) is 60.4 Å². The Kier molecular flexibility index (Phi) is 20.8. The maximum absolute atomic E-state index is 15.4. The van der Waals surface area contributed by atoms with Crippen LogP contribution in [0.5, 0.6) is 0 Å². The van der Waals surface area contributed by atoms with E-state index >= 15 is 4.39 Å². The summed E-state index contributed by atoms with van der Waals surface area (Å²) in [6.45, 7) is 19.4. The van der Waals surface area contributed by atoms with E-state index in [4.69, 9.17) is 43.2 Å². The van der Waals surface area contributed by atoms with Crippen LogP contribution >= 0.6 is 0 Å². The normalized spacial score (nSPS) is 37.8. The number of hydrogen-bond donors (Lipinski definition) is 4. The number of benzene rings is 2. The van der Waals surface area contributed by atoms with Gasteiger partial charge in [-0.2, -0.15) is 5.26 Å². The molecule has 0 bridgehead atoms. The molecule has 4 aliphatic heterocycles. The average Bonchev–Trinajstić information content (AvgIpc) is 4.10. The van der Waals surface area contributed by atoms with Crippen LogP contribution in [0.25, 0.3) is 11.1 Å². The molecule has 5 heterocycles. The van der Waals surface area contributed by atoms with E-state index in [-0.39, 0.29) is 38.0 Å². The topological polar surface area (TPSA) is 253 Å². The number of nitriles is 1. The number of hydrogen-bond acceptors (Lipinski definition) is 19. The van der Waals surface area contributed by atoms with Crippen LogP contribution in [0.4, 0.5) is 14.9 Å². The number of aliphatic hydroxyl groups excluding tert-OH is 3. The third kappa shape index (κ3) is 14.3. The third-order valence-corrected chi connectivity index (χ3v) is 17.7. The fourth-order valence-electron chi connectivity index (χ4n) is 12.5. The summed E-state index contributed by atoms with van der Waals surface area (Å²) in [6.07, 6.45) is -7.59. The average molecular weight is 1140 g/mol. The van der Waals surface area contributed by atoms with Crippen molar-refractivity contribution in [3.05, 3.63) is 65.7 Å². The monoisotopic (exact) mass is 1140 g/mol. The number of halogens is 1. The number of aromatic nitrogens is 3. The first-order valence-electron chi connectivity index (χ1n) is 28.4. The van der Waals surface area contributed by atoms with E-state index in [9.17, 15) is 30.0 Å². The zero-order valence-corrected chi connectivity index (χ0v) is 49.6. The minimum absolute atomic E-state index is 0.0984. The number of methoxy groups -OCH3 is 2. The first kappa shape index (κ1) is 63.8. The molecule has 2 aromatic carbocycles. The number of carbonyl (C=O) groups excluding carboxylic acids is 2. The molecular formula is C59H88FN7O14. The van der Waals surface area contributed by atoms with Crippen LogP contribution in [-0.4, -0.2) is 202 Å². The van der Waals surface area contributed by atoms with Crippen LogP contribution in [0.2, 0.25) is 0 Å². The highest BCUT2D eigenvalue weighted by Crippen LogP contribution is 2.42. The lowest BCUT2D eigenvalue weighted by molar-refractivity contribution is -0.319. The van der Waals surface area contributed by atoms with Gasteiger partial charge in [0.15, 0.2) is 12.6 Å². The molecule has 21 nitrogen and oxygen atoms in total. The number of cyclic esters (lactones) is 2. The summed E-state index contributed by atoms with van der Waals surface area (Å²) in [5, 5.41) is 65.1. The standard InChI is InChI=1S/C59H88FN7O14/c1-15-47-59(10,73)51(69)37(6)65(12)29-33(2)26-58(9,75-14)53(35(4)50(36(5)54(71)79-47)80-48-27-57(8,74-13)52(70)38(7)77-48)81-55-49(68)46(24-34(3)76-55)64(11)23-22-41-30-66(63-62-41)31-43-32-67(56(72)78-43)42-20-21-44(45(60)25-42)40-18-16-39(28-61)17-19-40/h16-21,25,30,33-38,43,46-53,55,68-70,73H,15,22-24,26-27,29,31-32H2,1-14H3/t33-,34-,35+,36-,37-,38+,43+,46+,47-,48+,49-,50+,51-,52+,53-,55+,57-,58-,59-/m1/s1. The van der Waals surface area contributed by atoms with Crippen LogP contribution in [0.1, 0.15) is 106 Å². The van der Waals surface area contributed by atoms with Gasteiger partial charge in [0, 0.05) is 69.9 Å². The van der Waals surface area contributed by atoms with Gasteiger partial charge in [-0.1, -0.05) is 38.1 Å². The predicted molar refractivity (Wildman–Crippen MR) is 296 cm³/mol. The Balaban J connectivity index is 1.08. The number of ether oxygens (including phenoxy) is 8. The number of likely N-dealkylation sites (N-methyl/N-ethyl adjacent to an activating group) is 2. The molecule has 1 amide bonds. The van der Waals surface area contributed by atoms with Gasteiger partial charge in [0.1, 0.15) is 41.9 Å². The van der Waals surface area contributed by atoms with Crippen molar-refractivity contribution in [2.45, 2.75) is 204 Å². The molecule has 3 aromatic rings. The first-order valence-corrected chi connectivity index (χ1v) is 28.4. The van der Waals surface area contributed by atoms with E-state index in [0.717, 1.165) is 0 Å². The van der Waals surface area contributed by atoms with Crippen molar-refractivity contribution in [2.24, 2.45) is 17.8 Å². The SMILES string of the molecule is CC[C@H]1OC(=O)[C@H](C)[C@@H](O[C@H]2C[C@@](C)(OC)[C@@H](O)[C@H](C)O2)[C@H](C)[C@@H](O[C@@H]2O[C@H](C)C[C@H](N(C)CCc3cn(C[C@H]4CN(c5ccc(-c6ccc(C#N)cc6)c(F)c5)C(=O)O4)nn3)[C@H]2O)[C@](C)(OC)C[C@@H](C)CN(C)[C@H](C)[C@@H](O)[C@]1(C)O. The predicted octanol–water partition coefficient (Wildman–Crippen LogP) is 5.46. The maximum Gasteiger partial charge on any atom is 0.414 e. The molecule has 22 heteroatoms. The largest absolute Gasteiger partial charge is 0.459 e. The molecule has 450 valence electrons. The molecule has 0 radical (unpaired) electrons. The summed E-state index contributed by atoms with van der Waals surface area (Å²) in [5.74, 6) is -3.08. The van der Waals surface area contributed by atoms with Gasteiger partial charge in [-0.25, -0.2) is 13.9 Å². The smallest absolute Gasteiger partial charge is 0.414 e. The molecule has 7 rings (SSSR count). The molecule has 1 aromatic heterocycles. The molecule has 0 saturated carbocycles. The Labute approximate surface area is 476 Å². The molecule has 19 atom stereocenters. The van der Waals surface area contributed by atoms with Gasteiger partial charge >= 0.3 is 12.1 Å². The number of esters is 1. The molecule has 81 heavy (non-hydrogen) atoms. The number of carbonyl (C=O) groups is 2. The Hall–Kier alpha value is -4.74. The van der Waals surface area contributed by atoms with Gasteiger partial charge in [-0.15, -0.1) is 5.10 Å². The van der Waals surface area contributed by atoms with Crippen LogP contribution in [-0.2, 0) is 55.7 Å². The van der Waals surface area contributed by atoms with Gasteiger partial charge in [0.2, 0.25) is 0 Å². The second kappa shape index (κ2) is 26.5. The Morgan fingerprint density at radius 2 is 1.60 bits per heavy atom. The van der Waals surface area contributed by atoms with Crippen LogP contribution in [0.15, 0.2) is 48.7 Å². The fourth-order valence-corrected chi connectivity index (χ4v) is 12.5. The first-order chi connectivity index (χ1) is 38.2. The number of rotatable bonds is 15. The second-order valence-electron chi connectivity index (χ2n) is 24.0. The number of amides is 1. The minimum atomic E-state index is -1.84. The number of anilines is 1. The number of aliphatic hydroxyl groups is 4. The highest BCUT2D eigenvalue weighted by molar-refractivity contribution is 5.90. The van der Waals surface area contributed by atoms with Crippen molar-refractivity contribution in [3.63, 3.8) is 0 Å². The third-order valence-electron chi connectivity index (χ3n) is 17.7. The highest BCUT2D eigenvalue weighted by atomic mass is 19.1. The molecular weight excluding hydrogens is 1050 g/mol. The summed E-state index contributed by atoms with van der Waals surface area (Å²) in [4.78, 5) is 33.1. The van der Waals surface area contributed by atoms with Crippen molar-refractivity contribution in [2.75, 3.05) is 52.8 Å². The summed E-state index contributed by atoms with van der Waals surface area (Å²) in [5.41, 5.74) is -1.62. The van der Waals surface area contributed by atoms with Crippen molar-refractivity contribution in [3.8, 4) is 17.2 Å². The molecule has 4 fully saturated rings. The Bertz CT molecular complexity index is 2630. The molecule has 0 spiro atoms. The summed E-state index contributed by atoms with van der Waals surface area (Å²) >= 11 is 0. The van der Waals surface area contributed by atoms with Gasteiger partial charge in [-0.05, 0) is 124 Å². The molecule has 0 aliphatic carbocycles. The van der Waals surface area contributed by atoms with Crippen LogP contribution < -0.4 is 4.90 Å². The Morgan fingerprint density at radius 1 is 0.914 bits per heavy atom. The van der Waals surface area contributed by atoms with Crippen molar-refractivity contribution in [1.29, 1.82) is 5.26 Å². The summed E-state index contributed by atoms with van der Waals surface area (Å²) < 4.78 is 68.1. The van der Waals surface area contributed by atoms with E-state index in [2.05, 4.69) is 23.3 Å². The van der Waals surface area contributed by atoms with E-state index in [1.165, 1.54) is 25.0 Å². The second-order valence-corrected chi connectivity index (χ2v) is 24.0. The van der Waals surface area contributed by atoms with Crippen LogP contribution in [0.3, 0.4) is 0 Å². The highest BCUT2D eigenvalue weighted by Gasteiger charge is 2.53. The summed E-state index contributed by atoms with van der Waals surface area (Å²) in [7, 11) is 6.89. The maximum atomic E-state index is 15.4. The lowest BCUT2D eigenvalue weighted by Crippen LogP contribution is -2.61. The lowest BCUT2D eigenvalue weighted by Gasteiger charge is -2.49.